The first kappa shape index (κ1) is 29.5. The molecule has 0 saturated heterocycles. The quantitative estimate of drug-likeness (QED) is 0.401. The van der Waals surface area contributed by atoms with Crippen molar-refractivity contribution in [3.05, 3.63) is 60.2 Å². The van der Waals surface area contributed by atoms with Crippen molar-refractivity contribution in [1.29, 1.82) is 0 Å². The molecule has 9 heteroatoms. The number of hydrogen-bond donors (Lipinski definition) is 1. The van der Waals surface area contributed by atoms with Crippen molar-refractivity contribution in [3.63, 3.8) is 0 Å². The van der Waals surface area contributed by atoms with Crippen LogP contribution in [0.25, 0.3) is 0 Å². The first-order valence-electron chi connectivity index (χ1n) is 13.5. The Morgan fingerprint density at radius 2 is 1.68 bits per heavy atom. The van der Waals surface area contributed by atoms with Gasteiger partial charge in [0.2, 0.25) is 21.8 Å². The largest absolute Gasteiger partial charge is 0.494 e. The molecule has 2 aromatic carbocycles. The van der Waals surface area contributed by atoms with Gasteiger partial charge in [0.25, 0.3) is 0 Å². The third kappa shape index (κ3) is 8.75. The van der Waals surface area contributed by atoms with Crippen LogP contribution in [-0.4, -0.2) is 56.6 Å². The van der Waals surface area contributed by atoms with Crippen molar-refractivity contribution in [1.82, 2.24) is 10.2 Å². The molecule has 0 radical (unpaired) electrons. The summed E-state index contributed by atoms with van der Waals surface area (Å²) < 4.78 is 31.8. The maximum absolute atomic E-state index is 13.4. The van der Waals surface area contributed by atoms with Crippen molar-refractivity contribution in [2.24, 2.45) is 0 Å². The lowest BCUT2D eigenvalue weighted by Crippen LogP contribution is -2.50. The third-order valence-corrected chi connectivity index (χ3v) is 8.10. The van der Waals surface area contributed by atoms with Crippen molar-refractivity contribution < 1.29 is 22.7 Å². The summed E-state index contributed by atoms with van der Waals surface area (Å²) in [5.74, 6) is 0.338. The highest BCUT2D eigenvalue weighted by atomic mass is 32.2. The second kappa shape index (κ2) is 14.2. The summed E-state index contributed by atoms with van der Waals surface area (Å²) in [6.07, 6.45) is 6.95. The Morgan fingerprint density at radius 3 is 2.29 bits per heavy atom. The SMILES string of the molecule is CCOc1ccc(N(CCCC(=O)N(Cc2ccccc2)C(C)C(=O)NC2CCCCC2)S(C)(=O)=O)cc1. The summed E-state index contributed by atoms with van der Waals surface area (Å²) in [6.45, 7) is 4.64. The maximum Gasteiger partial charge on any atom is 0.242 e. The summed E-state index contributed by atoms with van der Waals surface area (Å²) in [5, 5.41) is 3.14. The van der Waals surface area contributed by atoms with Crippen LogP contribution in [0.5, 0.6) is 5.75 Å². The predicted octanol–water partition coefficient (Wildman–Crippen LogP) is 4.50. The molecule has 0 heterocycles. The predicted molar refractivity (Wildman–Crippen MR) is 151 cm³/mol. The number of sulfonamides is 1. The highest BCUT2D eigenvalue weighted by Gasteiger charge is 2.28. The molecule has 208 valence electrons. The normalized spacial score (nSPS) is 14.9. The van der Waals surface area contributed by atoms with Gasteiger partial charge < -0.3 is 15.0 Å². The van der Waals surface area contributed by atoms with E-state index in [-0.39, 0.29) is 30.8 Å². The fourth-order valence-electron chi connectivity index (χ4n) is 4.81. The van der Waals surface area contributed by atoms with E-state index < -0.39 is 16.1 Å². The monoisotopic (exact) mass is 543 g/mol. The minimum atomic E-state index is -3.55. The third-order valence-electron chi connectivity index (χ3n) is 6.90. The van der Waals surface area contributed by atoms with Crippen LogP contribution < -0.4 is 14.4 Å². The number of rotatable bonds is 13. The van der Waals surface area contributed by atoms with Gasteiger partial charge in [0.15, 0.2) is 0 Å². The molecule has 0 spiro atoms. The fraction of sp³-hybridized carbons (Fsp3) is 0.517. The van der Waals surface area contributed by atoms with Crippen molar-refractivity contribution in [2.45, 2.75) is 77.4 Å². The van der Waals surface area contributed by atoms with Crippen LogP contribution in [0.1, 0.15) is 64.4 Å². The minimum Gasteiger partial charge on any atom is -0.494 e. The van der Waals surface area contributed by atoms with E-state index in [1.807, 2.05) is 37.3 Å². The van der Waals surface area contributed by atoms with Crippen LogP contribution in [0, 0.1) is 0 Å². The van der Waals surface area contributed by atoms with Gasteiger partial charge in [0.1, 0.15) is 11.8 Å². The van der Waals surface area contributed by atoms with Crippen molar-refractivity contribution in [2.75, 3.05) is 23.7 Å². The van der Waals surface area contributed by atoms with E-state index in [0.29, 0.717) is 31.0 Å². The van der Waals surface area contributed by atoms with Crippen LogP contribution in [0.2, 0.25) is 0 Å². The lowest BCUT2D eigenvalue weighted by Gasteiger charge is -2.31. The first-order valence-corrected chi connectivity index (χ1v) is 15.4. The molecule has 0 bridgehead atoms. The number of hydrogen-bond acceptors (Lipinski definition) is 5. The Hall–Kier alpha value is -3.07. The zero-order valence-electron chi connectivity index (χ0n) is 22.8. The average molecular weight is 544 g/mol. The van der Waals surface area contributed by atoms with Crippen molar-refractivity contribution in [3.8, 4) is 5.75 Å². The van der Waals surface area contributed by atoms with Crippen LogP contribution in [-0.2, 0) is 26.2 Å². The highest BCUT2D eigenvalue weighted by molar-refractivity contribution is 7.92. The average Bonchev–Trinajstić information content (AvgIpc) is 2.90. The highest BCUT2D eigenvalue weighted by Crippen LogP contribution is 2.23. The van der Waals surface area contributed by atoms with E-state index in [4.69, 9.17) is 4.74 Å². The molecule has 2 aromatic rings. The lowest BCUT2D eigenvalue weighted by atomic mass is 9.95. The standard InChI is InChI=1S/C29H41N3O5S/c1-4-37-27-19-17-26(18-20-27)32(38(3,35)36)21-11-16-28(33)31(22-24-12-7-5-8-13-24)23(2)29(34)30-25-14-9-6-10-15-25/h5,7-8,12-13,17-20,23,25H,4,6,9-11,14-16,21-22H2,1-3H3,(H,30,34). The molecule has 1 N–H and O–H groups in total. The summed E-state index contributed by atoms with van der Waals surface area (Å²) in [4.78, 5) is 28.2. The van der Waals surface area contributed by atoms with Gasteiger partial charge in [0, 0.05) is 25.6 Å². The molecule has 1 saturated carbocycles. The maximum atomic E-state index is 13.4. The number of carbonyl (C=O) groups excluding carboxylic acids is 2. The topological polar surface area (TPSA) is 96.0 Å². The number of nitrogens with one attached hydrogen (secondary N) is 1. The number of ether oxygens (including phenoxy) is 1. The van der Waals surface area contributed by atoms with E-state index in [0.717, 1.165) is 37.5 Å². The van der Waals surface area contributed by atoms with Gasteiger partial charge in [-0.2, -0.15) is 0 Å². The van der Waals surface area contributed by atoms with E-state index in [1.165, 1.54) is 10.7 Å². The van der Waals surface area contributed by atoms with Crippen LogP contribution in [0.3, 0.4) is 0 Å². The van der Waals surface area contributed by atoms with Crippen LogP contribution >= 0.6 is 0 Å². The van der Waals surface area contributed by atoms with E-state index in [1.54, 1.807) is 36.1 Å². The number of benzene rings is 2. The number of anilines is 1. The Kier molecular flexibility index (Phi) is 11.0. The molecule has 8 nitrogen and oxygen atoms in total. The van der Waals surface area contributed by atoms with Gasteiger partial charge in [-0.1, -0.05) is 49.6 Å². The van der Waals surface area contributed by atoms with Gasteiger partial charge in [-0.15, -0.1) is 0 Å². The van der Waals surface area contributed by atoms with Crippen LogP contribution in [0.15, 0.2) is 54.6 Å². The molecular weight excluding hydrogens is 502 g/mol. The Labute approximate surface area is 227 Å². The fourth-order valence-corrected chi connectivity index (χ4v) is 5.78. The van der Waals surface area contributed by atoms with Crippen molar-refractivity contribution >= 4 is 27.5 Å². The Morgan fingerprint density at radius 1 is 1.03 bits per heavy atom. The van der Waals surface area contributed by atoms with Gasteiger partial charge in [-0.3, -0.25) is 13.9 Å². The van der Waals surface area contributed by atoms with E-state index in [2.05, 4.69) is 5.32 Å². The van der Waals surface area contributed by atoms with E-state index >= 15 is 0 Å². The summed E-state index contributed by atoms with van der Waals surface area (Å²) in [6, 6.07) is 16.0. The van der Waals surface area contributed by atoms with Gasteiger partial charge in [-0.05, 0) is 62.9 Å². The number of amides is 2. The van der Waals surface area contributed by atoms with Crippen LogP contribution in [0.4, 0.5) is 5.69 Å². The number of carbonyl (C=O) groups is 2. The zero-order chi connectivity index (χ0) is 27.5. The molecule has 2 amide bonds. The summed E-state index contributed by atoms with van der Waals surface area (Å²) >= 11 is 0. The molecule has 1 aliphatic carbocycles. The summed E-state index contributed by atoms with van der Waals surface area (Å²) in [7, 11) is -3.55. The first-order chi connectivity index (χ1) is 18.2. The molecule has 38 heavy (non-hydrogen) atoms. The molecule has 1 unspecified atom stereocenters. The smallest absolute Gasteiger partial charge is 0.242 e. The summed E-state index contributed by atoms with van der Waals surface area (Å²) in [5.41, 5.74) is 1.45. The Bertz CT molecular complexity index is 1130. The molecule has 0 aromatic heterocycles. The molecule has 1 atom stereocenters. The molecule has 1 aliphatic rings. The zero-order valence-corrected chi connectivity index (χ0v) is 23.6. The second-order valence-corrected chi connectivity index (χ2v) is 11.8. The minimum absolute atomic E-state index is 0.122. The molecule has 1 fully saturated rings. The van der Waals surface area contributed by atoms with Gasteiger partial charge in [-0.25, -0.2) is 8.42 Å². The van der Waals surface area contributed by atoms with Gasteiger partial charge in [0.05, 0.1) is 18.6 Å². The Balaban J connectivity index is 1.68. The molecular formula is C29H41N3O5S. The lowest BCUT2D eigenvalue weighted by molar-refractivity contribution is -0.141. The van der Waals surface area contributed by atoms with E-state index in [9.17, 15) is 18.0 Å². The molecule has 3 rings (SSSR count). The number of nitrogens with zero attached hydrogens (tertiary/aromatic N) is 2. The second-order valence-electron chi connectivity index (χ2n) is 9.89. The van der Waals surface area contributed by atoms with Gasteiger partial charge >= 0.3 is 0 Å². The molecule has 0 aliphatic heterocycles.